The highest BCUT2D eigenvalue weighted by Gasteiger charge is 2.34. The lowest BCUT2D eigenvalue weighted by Gasteiger charge is -2.20. The van der Waals surface area contributed by atoms with E-state index in [1.165, 1.54) is 13.0 Å². The molecule has 2 aromatic rings. The number of nitrogens with one attached hydrogen (secondary N) is 2. The van der Waals surface area contributed by atoms with Crippen molar-refractivity contribution >= 4 is 23.4 Å². The second kappa shape index (κ2) is 9.49. The van der Waals surface area contributed by atoms with Crippen molar-refractivity contribution in [3.05, 3.63) is 41.3 Å². The molecule has 1 aromatic heterocycles. The van der Waals surface area contributed by atoms with E-state index in [2.05, 4.69) is 27.5 Å². The summed E-state index contributed by atoms with van der Waals surface area (Å²) < 4.78 is 52.7. The molecular formula is C21H25F4N5O. The van der Waals surface area contributed by atoms with Gasteiger partial charge in [0.1, 0.15) is 11.6 Å². The Kier molecular flexibility index (Phi) is 6.97. The lowest BCUT2D eigenvalue weighted by molar-refractivity contribution is -0.140. The number of aryl methyl sites for hydroxylation is 1. The molecule has 1 atom stereocenters. The van der Waals surface area contributed by atoms with Gasteiger partial charge in [0.15, 0.2) is 0 Å². The van der Waals surface area contributed by atoms with E-state index in [9.17, 15) is 22.4 Å². The first kappa shape index (κ1) is 22.8. The van der Waals surface area contributed by atoms with E-state index >= 15 is 0 Å². The summed E-state index contributed by atoms with van der Waals surface area (Å²) in [5.41, 5.74) is -0.544. The van der Waals surface area contributed by atoms with E-state index in [0.717, 1.165) is 31.0 Å². The summed E-state index contributed by atoms with van der Waals surface area (Å²) in [6.07, 6.45) is -1.47. The maximum atomic E-state index is 13.6. The number of amides is 1. The normalized spacial score (nSPS) is 16.5. The Morgan fingerprint density at radius 2 is 2.03 bits per heavy atom. The molecule has 1 aliphatic heterocycles. The summed E-state index contributed by atoms with van der Waals surface area (Å²) in [6.45, 7) is 4.79. The molecule has 0 radical (unpaired) electrons. The van der Waals surface area contributed by atoms with E-state index in [0.29, 0.717) is 31.4 Å². The van der Waals surface area contributed by atoms with Crippen LogP contribution in [0.15, 0.2) is 24.3 Å². The molecule has 6 nitrogen and oxygen atoms in total. The number of carbonyl (C=O) groups excluding carboxylic acids is 1. The molecule has 31 heavy (non-hydrogen) atoms. The third kappa shape index (κ3) is 6.05. The van der Waals surface area contributed by atoms with Crippen LogP contribution in [0, 0.1) is 5.82 Å². The third-order valence-corrected chi connectivity index (χ3v) is 5.00. The fourth-order valence-corrected chi connectivity index (χ4v) is 3.51. The van der Waals surface area contributed by atoms with Gasteiger partial charge in [-0.05, 0) is 37.5 Å². The van der Waals surface area contributed by atoms with Crippen LogP contribution >= 0.6 is 0 Å². The number of rotatable bonds is 7. The lowest BCUT2D eigenvalue weighted by atomic mass is 10.2. The van der Waals surface area contributed by atoms with Gasteiger partial charge < -0.3 is 15.5 Å². The Hall–Kier alpha value is -2.91. The van der Waals surface area contributed by atoms with Gasteiger partial charge in [0, 0.05) is 43.5 Å². The lowest BCUT2D eigenvalue weighted by Crippen LogP contribution is -2.35. The predicted molar refractivity (Wildman–Crippen MR) is 110 cm³/mol. The summed E-state index contributed by atoms with van der Waals surface area (Å²) in [7, 11) is 0. The highest BCUT2D eigenvalue weighted by Crippen LogP contribution is 2.33. The van der Waals surface area contributed by atoms with Gasteiger partial charge in [-0.1, -0.05) is 13.3 Å². The van der Waals surface area contributed by atoms with Crippen molar-refractivity contribution in [2.24, 2.45) is 0 Å². The van der Waals surface area contributed by atoms with E-state index in [-0.39, 0.29) is 23.6 Å². The maximum Gasteiger partial charge on any atom is 0.419 e. The zero-order valence-corrected chi connectivity index (χ0v) is 17.4. The highest BCUT2D eigenvalue weighted by atomic mass is 19.4. The van der Waals surface area contributed by atoms with Crippen LogP contribution < -0.4 is 15.5 Å². The Labute approximate surface area is 178 Å². The minimum atomic E-state index is -4.80. The van der Waals surface area contributed by atoms with E-state index in [1.807, 2.05) is 11.0 Å². The topological polar surface area (TPSA) is 70.2 Å². The predicted octanol–water partition coefficient (Wildman–Crippen LogP) is 4.44. The maximum absolute atomic E-state index is 13.6. The first-order valence-electron chi connectivity index (χ1n) is 10.2. The molecule has 1 aromatic carbocycles. The van der Waals surface area contributed by atoms with Crippen LogP contribution in [0.2, 0.25) is 0 Å². The molecule has 0 spiro atoms. The Morgan fingerprint density at radius 3 is 2.71 bits per heavy atom. The molecule has 1 unspecified atom stereocenters. The number of carbonyl (C=O) groups is 1. The van der Waals surface area contributed by atoms with Crippen molar-refractivity contribution < 1.29 is 22.4 Å². The van der Waals surface area contributed by atoms with Crippen LogP contribution in [-0.2, 0) is 17.4 Å². The van der Waals surface area contributed by atoms with Crippen LogP contribution in [0.1, 0.15) is 44.4 Å². The number of nitrogens with zero attached hydrogens (tertiary/aromatic N) is 3. The molecule has 168 valence electrons. The number of anilines is 3. The zero-order valence-electron chi connectivity index (χ0n) is 17.4. The van der Waals surface area contributed by atoms with Gasteiger partial charge in [-0.3, -0.25) is 4.79 Å². The third-order valence-electron chi connectivity index (χ3n) is 5.00. The average Bonchev–Trinajstić information content (AvgIpc) is 3.14. The number of hydrogen-bond acceptors (Lipinski definition) is 5. The number of benzene rings is 1. The Morgan fingerprint density at radius 1 is 1.26 bits per heavy atom. The van der Waals surface area contributed by atoms with Crippen LogP contribution in [0.5, 0.6) is 0 Å². The molecule has 3 rings (SSSR count). The van der Waals surface area contributed by atoms with Gasteiger partial charge in [0.2, 0.25) is 11.9 Å². The molecule has 2 heterocycles. The van der Waals surface area contributed by atoms with Gasteiger partial charge in [-0.15, -0.1) is 0 Å². The molecule has 10 heteroatoms. The van der Waals surface area contributed by atoms with Crippen molar-refractivity contribution in [1.29, 1.82) is 0 Å². The van der Waals surface area contributed by atoms with Crippen molar-refractivity contribution in [1.82, 2.24) is 15.3 Å². The largest absolute Gasteiger partial charge is 0.419 e. The summed E-state index contributed by atoms with van der Waals surface area (Å²) in [6, 6.07) is 4.57. The number of halogens is 4. The zero-order chi connectivity index (χ0) is 22.6. The van der Waals surface area contributed by atoms with Crippen molar-refractivity contribution in [3.63, 3.8) is 0 Å². The molecule has 0 aliphatic carbocycles. The van der Waals surface area contributed by atoms with E-state index in [4.69, 9.17) is 0 Å². The second-order valence-electron chi connectivity index (χ2n) is 7.59. The summed E-state index contributed by atoms with van der Waals surface area (Å²) in [4.78, 5) is 22.2. The second-order valence-corrected chi connectivity index (χ2v) is 7.59. The van der Waals surface area contributed by atoms with E-state index in [1.54, 1.807) is 0 Å². The van der Waals surface area contributed by atoms with Crippen molar-refractivity contribution in [2.45, 2.75) is 51.7 Å². The quantitative estimate of drug-likeness (QED) is 0.625. The van der Waals surface area contributed by atoms with Gasteiger partial charge in [-0.25, -0.2) is 9.37 Å². The minimum Gasteiger partial charge on any atom is -0.354 e. The van der Waals surface area contributed by atoms with E-state index < -0.39 is 17.6 Å². The minimum absolute atomic E-state index is 0.00871. The van der Waals surface area contributed by atoms with Crippen molar-refractivity contribution in [3.8, 4) is 0 Å². The number of unbranched alkanes of at least 4 members (excludes halogenated alkanes) is 1. The monoisotopic (exact) mass is 439 g/mol. The van der Waals surface area contributed by atoms with Crippen LogP contribution in [-0.4, -0.2) is 35.0 Å². The van der Waals surface area contributed by atoms with Crippen LogP contribution in [0.4, 0.5) is 35.0 Å². The van der Waals surface area contributed by atoms with Crippen LogP contribution in [0.3, 0.4) is 0 Å². The molecular weight excluding hydrogens is 414 g/mol. The standard InChI is InChI=1S/C21H25F4N5O/c1-3-4-5-14-11-19(30-9-8-16(12-30)26-13(2)31)29-20(27-14)28-15-6-7-18(22)17(10-15)21(23,24)25/h6-7,10-11,16H,3-5,8-9,12H2,1-2H3,(H,26,31)(H,27,28,29). The molecule has 1 amide bonds. The first-order valence-corrected chi connectivity index (χ1v) is 10.2. The first-order chi connectivity index (χ1) is 14.7. The molecule has 1 aliphatic rings. The highest BCUT2D eigenvalue weighted by molar-refractivity contribution is 5.73. The molecule has 1 saturated heterocycles. The average molecular weight is 439 g/mol. The van der Waals surface area contributed by atoms with Crippen molar-refractivity contribution in [2.75, 3.05) is 23.3 Å². The molecule has 0 saturated carbocycles. The molecule has 0 bridgehead atoms. The number of hydrogen-bond donors (Lipinski definition) is 2. The van der Waals surface area contributed by atoms with Gasteiger partial charge in [0.25, 0.3) is 0 Å². The molecule has 2 N–H and O–H groups in total. The van der Waals surface area contributed by atoms with Gasteiger partial charge in [0.05, 0.1) is 5.56 Å². The Bertz CT molecular complexity index is 934. The van der Waals surface area contributed by atoms with Gasteiger partial charge in [-0.2, -0.15) is 18.2 Å². The number of alkyl halides is 3. The summed E-state index contributed by atoms with van der Waals surface area (Å²) in [5, 5.41) is 5.67. The van der Waals surface area contributed by atoms with Crippen LogP contribution in [0.25, 0.3) is 0 Å². The number of aromatic nitrogens is 2. The fraction of sp³-hybridized carbons (Fsp3) is 0.476. The Balaban J connectivity index is 1.86. The summed E-state index contributed by atoms with van der Waals surface area (Å²) >= 11 is 0. The SMILES string of the molecule is CCCCc1cc(N2CCC(NC(C)=O)C2)nc(Nc2ccc(F)c(C(F)(F)F)c2)n1. The fourth-order valence-electron chi connectivity index (χ4n) is 3.51. The summed E-state index contributed by atoms with van der Waals surface area (Å²) in [5.74, 6) is -0.657. The molecule has 1 fully saturated rings. The smallest absolute Gasteiger partial charge is 0.354 e. The van der Waals surface area contributed by atoms with Gasteiger partial charge >= 0.3 is 6.18 Å².